The molecule has 1 heterocycles. The molecule has 110 valence electrons. The standard InChI is InChI=1S/C17H13NO4/c1-11(19)22-17-14-10-6-5-9-13(14)16(21)18(17)15(20)12-7-3-2-4-8-12/h2-10,17H,1H3. The van der Waals surface area contributed by atoms with Crippen molar-refractivity contribution in [2.75, 3.05) is 0 Å². The van der Waals surface area contributed by atoms with Crippen LogP contribution < -0.4 is 0 Å². The first kappa shape index (κ1) is 14.0. The fourth-order valence-electron chi connectivity index (χ4n) is 2.47. The minimum absolute atomic E-state index is 0.362. The molecule has 2 aromatic rings. The van der Waals surface area contributed by atoms with Crippen molar-refractivity contribution in [2.45, 2.75) is 13.2 Å². The van der Waals surface area contributed by atoms with Crippen LogP contribution in [-0.2, 0) is 9.53 Å². The molecule has 22 heavy (non-hydrogen) atoms. The molecule has 1 unspecified atom stereocenters. The molecule has 0 fully saturated rings. The summed E-state index contributed by atoms with van der Waals surface area (Å²) in [6.45, 7) is 1.25. The first-order valence-electron chi connectivity index (χ1n) is 6.78. The molecule has 0 saturated heterocycles. The summed E-state index contributed by atoms with van der Waals surface area (Å²) < 4.78 is 5.21. The normalized spacial score (nSPS) is 16.3. The SMILES string of the molecule is CC(=O)OC1c2ccccc2C(=O)N1C(=O)c1ccccc1. The van der Waals surface area contributed by atoms with Crippen LogP contribution >= 0.6 is 0 Å². The van der Waals surface area contributed by atoms with Gasteiger partial charge in [-0.3, -0.25) is 14.4 Å². The van der Waals surface area contributed by atoms with E-state index in [9.17, 15) is 14.4 Å². The van der Waals surface area contributed by atoms with E-state index in [-0.39, 0.29) is 0 Å². The fourth-order valence-corrected chi connectivity index (χ4v) is 2.47. The molecule has 2 aromatic carbocycles. The summed E-state index contributed by atoms with van der Waals surface area (Å²) in [5.74, 6) is -1.51. The number of carbonyl (C=O) groups excluding carboxylic acids is 3. The van der Waals surface area contributed by atoms with E-state index in [2.05, 4.69) is 0 Å². The lowest BCUT2D eigenvalue weighted by Gasteiger charge is -2.22. The molecule has 0 saturated carbocycles. The van der Waals surface area contributed by atoms with Crippen molar-refractivity contribution < 1.29 is 19.1 Å². The Labute approximate surface area is 127 Å². The summed E-state index contributed by atoms with van der Waals surface area (Å²) >= 11 is 0. The van der Waals surface area contributed by atoms with E-state index in [1.165, 1.54) is 6.92 Å². The molecule has 1 atom stereocenters. The van der Waals surface area contributed by atoms with E-state index in [0.29, 0.717) is 16.7 Å². The second-order valence-electron chi connectivity index (χ2n) is 4.90. The van der Waals surface area contributed by atoms with Crippen molar-refractivity contribution in [1.29, 1.82) is 0 Å². The third-order valence-electron chi connectivity index (χ3n) is 3.43. The number of fused-ring (bicyclic) bond motifs is 1. The second kappa shape index (κ2) is 5.44. The summed E-state index contributed by atoms with van der Waals surface area (Å²) in [6.07, 6.45) is -1.02. The largest absolute Gasteiger partial charge is 0.437 e. The van der Waals surface area contributed by atoms with Crippen LogP contribution in [0.2, 0.25) is 0 Å². The number of amides is 2. The highest BCUT2D eigenvalue weighted by atomic mass is 16.6. The minimum atomic E-state index is -1.02. The van der Waals surface area contributed by atoms with Gasteiger partial charge < -0.3 is 4.74 Å². The van der Waals surface area contributed by atoms with Crippen molar-refractivity contribution in [3.63, 3.8) is 0 Å². The van der Waals surface area contributed by atoms with Gasteiger partial charge in [-0.15, -0.1) is 0 Å². The van der Waals surface area contributed by atoms with Gasteiger partial charge in [-0.05, 0) is 18.2 Å². The number of esters is 1. The predicted molar refractivity (Wildman–Crippen MR) is 77.9 cm³/mol. The van der Waals surface area contributed by atoms with Crippen molar-refractivity contribution in [3.05, 3.63) is 71.3 Å². The number of nitrogens with zero attached hydrogens (tertiary/aromatic N) is 1. The zero-order chi connectivity index (χ0) is 15.7. The van der Waals surface area contributed by atoms with Crippen molar-refractivity contribution in [1.82, 2.24) is 4.90 Å². The summed E-state index contributed by atoms with van der Waals surface area (Å²) in [5.41, 5.74) is 1.26. The molecular formula is C17H13NO4. The molecule has 1 aliphatic heterocycles. The van der Waals surface area contributed by atoms with Crippen LogP contribution in [0.25, 0.3) is 0 Å². The molecule has 0 radical (unpaired) electrons. The van der Waals surface area contributed by atoms with Crippen molar-refractivity contribution in [3.8, 4) is 0 Å². The summed E-state index contributed by atoms with van der Waals surface area (Å²) in [7, 11) is 0. The number of hydrogen-bond donors (Lipinski definition) is 0. The highest BCUT2D eigenvalue weighted by Gasteiger charge is 2.42. The van der Waals surface area contributed by atoms with Gasteiger partial charge in [0.25, 0.3) is 11.8 Å². The first-order chi connectivity index (χ1) is 10.6. The number of rotatable bonds is 2. The van der Waals surface area contributed by atoms with Gasteiger partial charge in [0.2, 0.25) is 6.23 Å². The highest BCUT2D eigenvalue weighted by molar-refractivity contribution is 6.13. The zero-order valence-electron chi connectivity index (χ0n) is 11.9. The Morgan fingerprint density at radius 1 is 1.00 bits per heavy atom. The van der Waals surface area contributed by atoms with Gasteiger partial charge in [0.15, 0.2) is 0 Å². The Morgan fingerprint density at radius 2 is 1.64 bits per heavy atom. The molecular weight excluding hydrogens is 282 g/mol. The number of imide groups is 1. The highest BCUT2D eigenvalue weighted by Crippen LogP contribution is 2.35. The van der Waals surface area contributed by atoms with E-state index in [0.717, 1.165) is 4.90 Å². The Hall–Kier alpha value is -2.95. The van der Waals surface area contributed by atoms with Crippen LogP contribution in [0, 0.1) is 0 Å². The number of carbonyl (C=O) groups is 3. The fraction of sp³-hybridized carbons (Fsp3) is 0.118. The summed E-state index contributed by atoms with van der Waals surface area (Å²) in [5, 5.41) is 0. The van der Waals surface area contributed by atoms with Crippen LogP contribution in [0.4, 0.5) is 0 Å². The minimum Gasteiger partial charge on any atom is -0.437 e. The van der Waals surface area contributed by atoms with E-state index in [1.807, 2.05) is 0 Å². The lowest BCUT2D eigenvalue weighted by molar-refractivity contribution is -0.151. The number of benzene rings is 2. The molecule has 3 rings (SSSR count). The number of hydrogen-bond acceptors (Lipinski definition) is 4. The molecule has 5 nitrogen and oxygen atoms in total. The summed E-state index contributed by atoms with van der Waals surface area (Å²) in [6, 6.07) is 15.2. The van der Waals surface area contributed by atoms with Gasteiger partial charge in [-0.2, -0.15) is 0 Å². The average molecular weight is 295 g/mol. The number of ether oxygens (including phenoxy) is 1. The first-order valence-corrected chi connectivity index (χ1v) is 6.78. The topological polar surface area (TPSA) is 63.7 Å². The molecule has 0 spiro atoms. The molecule has 1 aliphatic rings. The smallest absolute Gasteiger partial charge is 0.304 e. The Morgan fingerprint density at radius 3 is 2.32 bits per heavy atom. The molecule has 0 aromatic heterocycles. The maximum atomic E-state index is 12.6. The lowest BCUT2D eigenvalue weighted by Crippen LogP contribution is -2.36. The van der Waals surface area contributed by atoms with Gasteiger partial charge in [-0.1, -0.05) is 36.4 Å². The third-order valence-corrected chi connectivity index (χ3v) is 3.43. The van der Waals surface area contributed by atoms with Gasteiger partial charge in [0, 0.05) is 23.6 Å². The van der Waals surface area contributed by atoms with E-state index in [1.54, 1.807) is 54.6 Å². The second-order valence-corrected chi connectivity index (χ2v) is 4.90. The zero-order valence-corrected chi connectivity index (χ0v) is 11.9. The molecule has 0 aliphatic carbocycles. The molecule has 0 N–H and O–H groups in total. The van der Waals surface area contributed by atoms with E-state index < -0.39 is 24.0 Å². The Bertz CT molecular complexity index is 754. The van der Waals surface area contributed by atoms with Crippen LogP contribution in [-0.4, -0.2) is 22.7 Å². The monoisotopic (exact) mass is 295 g/mol. The van der Waals surface area contributed by atoms with Crippen LogP contribution in [0.1, 0.15) is 39.4 Å². The average Bonchev–Trinajstić information content (AvgIpc) is 2.80. The van der Waals surface area contributed by atoms with Gasteiger partial charge in [0.1, 0.15) is 0 Å². The third kappa shape index (κ3) is 2.26. The predicted octanol–water partition coefficient (Wildman–Crippen LogP) is 2.54. The Kier molecular flexibility index (Phi) is 3.47. The van der Waals surface area contributed by atoms with Crippen LogP contribution in [0.15, 0.2) is 54.6 Å². The molecule has 2 amide bonds. The maximum Gasteiger partial charge on any atom is 0.304 e. The quantitative estimate of drug-likeness (QED) is 0.631. The van der Waals surface area contributed by atoms with E-state index in [4.69, 9.17) is 4.74 Å². The molecule has 0 bridgehead atoms. The van der Waals surface area contributed by atoms with Crippen LogP contribution in [0.5, 0.6) is 0 Å². The van der Waals surface area contributed by atoms with Crippen molar-refractivity contribution in [2.24, 2.45) is 0 Å². The van der Waals surface area contributed by atoms with E-state index >= 15 is 0 Å². The van der Waals surface area contributed by atoms with Crippen LogP contribution in [0.3, 0.4) is 0 Å². The lowest BCUT2D eigenvalue weighted by atomic mass is 10.1. The maximum absolute atomic E-state index is 12.6. The summed E-state index contributed by atoms with van der Waals surface area (Å²) in [4.78, 5) is 37.5. The van der Waals surface area contributed by atoms with Gasteiger partial charge in [0.05, 0.1) is 0 Å². The van der Waals surface area contributed by atoms with Gasteiger partial charge >= 0.3 is 5.97 Å². The molecule has 5 heteroatoms. The van der Waals surface area contributed by atoms with Crippen molar-refractivity contribution >= 4 is 17.8 Å². The Balaban J connectivity index is 2.04. The van der Waals surface area contributed by atoms with Gasteiger partial charge in [-0.25, -0.2) is 4.90 Å².